The predicted molar refractivity (Wildman–Crippen MR) is 161 cm³/mol. The molecule has 3 aliphatic heterocycles. The summed E-state index contributed by atoms with van der Waals surface area (Å²) in [5, 5.41) is 0. The molecular weight excluding hydrogens is 588 g/mol. The fourth-order valence-electron chi connectivity index (χ4n) is 4.31. The Bertz CT molecular complexity index is 2160. The summed E-state index contributed by atoms with van der Waals surface area (Å²) in [7, 11) is 0. The molecular formula is C37H18O9. The van der Waals surface area contributed by atoms with Gasteiger partial charge >= 0.3 is 35.8 Å². The second-order valence-electron chi connectivity index (χ2n) is 9.45. The molecule has 0 N–H and O–H groups in total. The van der Waals surface area contributed by atoms with Crippen LogP contribution in [0.3, 0.4) is 0 Å². The smallest absolute Gasteiger partial charge is 0.346 e. The van der Waals surface area contributed by atoms with Gasteiger partial charge in [0.15, 0.2) is 0 Å². The van der Waals surface area contributed by atoms with Crippen LogP contribution in [0.25, 0.3) is 0 Å². The highest BCUT2D eigenvalue weighted by molar-refractivity contribution is 6.16. The maximum absolute atomic E-state index is 11.4. The van der Waals surface area contributed by atoms with E-state index in [2.05, 4.69) is 43.8 Å². The lowest BCUT2D eigenvalue weighted by atomic mass is 10.1. The molecule has 7 rings (SSSR count). The molecule has 0 atom stereocenters. The van der Waals surface area contributed by atoms with Gasteiger partial charge in [0.1, 0.15) is 0 Å². The Labute approximate surface area is 262 Å². The van der Waals surface area contributed by atoms with Crippen molar-refractivity contribution < 1.29 is 43.0 Å². The minimum Gasteiger partial charge on any atom is -0.386 e. The minimum atomic E-state index is -0.628. The zero-order valence-electron chi connectivity index (χ0n) is 23.8. The molecule has 0 fully saturated rings. The Kier molecular flexibility index (Phi) is 8.66. The first-order valence-corrected chi connectivity index (χ1v) is 13.4. The van der Waals surface area contributed by atoms with Crippen molar-refractivity contribution in [3.63, 3.8) is 0 Å². The first-order chi connectivity index (χ1) is 22.2. The highest BCUT2D eigenvalue weighted by Crippen LogP contribution is 2.22. The van der Waals surface area contributed by atoms with Gasteiger partial charge in [-0.25, -0.2) is 28.8 Å². The number of benzene rings is 4. The lowest BCUT2D eigenvalue weighted by Crippen LogP contribution is -1.96. The third kappa shape index (κ3) is 6.48. The fourth-order valence-corrected chi connectivity index (χ4v) is 4.31. The number of ether oxygens (including phenoxy) is 3. The van der Waals surface area contributed by atoms with Crippen LogP contribution in [0, 0.1) is 36.0 Å². The number of hydrogen-bond acceptors (Lipinski definition) is 9. The Morgan fingerprint density at radius 2 is 0.804 bits per heavy atom. The van der Waals surface area contributed by atoms with Gasteiger partial charge in [0.2, 0.25) is 0 Å². The highest BCUT2D eigenvalue weighted by Gasteiger charge is 2.31. The van der Waals surface area contributed by atoms with Crippen molar-refractivity contribution in [3.8, 4) is 36.0 Å². The molecule has 3 aliphatic rings. The number of rotatable bonds is 0. The lowest BCUT2D eigenvalue weighted by Gasteiger charge is -1.93. The second kappa shape index (κ2) is 13.1. The lowest BCUT2D eigenvalue weighted by molar-refractivity contribution is 0.0425. The Balaban J connectivity index is 0.000000139. The maximum Gasteiger partial charge on any atom is 0.346 e. The standard InChI is InChI=1S/C16H8O3.C11H6O3.C10H4O3/c17-15-13-9-8-12(10-14(13)16(18)19-15)7-6-11-4-2-1-3-5-11;1-2-3-7-4-5-8-9(6-7)11(13)14-10(8)12;1-2-6-3-4-7-8(5-6)10(12)13-9(7)11/h1-5,8-10H;4-6H,1H3;1,3-5H. The fraction of sp³-hybridized carbons (Fsp3) is 0.0270. The molecule has 0 saturated carbocycles. The molecule has 9 nitrogen and oxygen atoms in total. The van der Waals surface area contributed by atoms with Crippen LogP contribution >= 0.6 is 0 Å². The van der Waals surface area contributed by atoms with Crippen molar-refractivity contribution in [3.05, 3.63) is 141 Å². The normalized spacial score (nSPS) is 12.9. The van der Waals surface area contributed by atoms with E-state index < -0.39 is 35.8 Å². The van der Waals surface area contributed by atoms with Crippen molar-refractivity contribution in [2.75, 3.05) is 0 Å². The molecule has 0 amide bonds. The van der Waals surface area contributed by atoms with E-state index in [1.807, 2.05) is 30.3 Å². The van der Waals surface area contributed by atoms with Crippen LogP contribution in [0.5, 0.6) is 0 Å². The molecule has 9 heteroatoms. The van der Waals surface area contributed by atoms with Gasteiger partial charge in [0.05, 0.1) is 33.4 Å². The number of esters is 6. The van der Waals surface area contributed by atoms with Crippen LogP contribution in [0.1, 0.15) is 91.3 Å². The molecule has 3 heterocycles. The summed E-state index contributed by atoms with van der Waals surface area (Å²) in [6.45, 7) is 1.71. The molecule has 0 bridgehead atoms. The third-order valence-electron chi connectivity index (χ3n) is 6.50. The van der Waals surface area contributed by atoms with E-state index in [0.717, 1.165) is 5.56 Å². The van der Waals surface area contributed by atoms with E-state index >= 15 is 0 Å². The minimum absolute atomic E-state index is 0.250. The number of hydrogen-bond donors (Lipinski definition) is 0. The van der Waals surface area contributed by atoms with E-state index in [1.165, 1.54) is 12.1 Å². The van der Waals surface area contributed by atoms with E-state index in [4.69, 9.17) is 6.42 Å². The summed E-state index contributed by atoms with van der Waals surface area (Å²) in [6.07, 6.45) is 5.14. The molecule has 0 radical (unpaired) electrons. The summed E-state index contributed by atoms with van der Waals surface area (Å²) in [6, 6.07) is 23.8. The topological polar surface area (TPSA) is 130 Å². The maximum atomic E-state index is 11.4. The number of fused-ring (bicyclic) bond motifs is 3. The summed E-state index contributed by atoms with van der Waals surface area (Å²) in [5.74, 6) is 10.2. The van der Waals surface area contributed by atoms with Crippen LogP contribution in [0.15, 0.2) is 84.9 Å². The Morgan fingerprint density at radius 3 is 1.24 bits per heavy atom. The van der Waals surface area contributed by atoms with Gasteiger partial charge < -0.3 is 14.2 Å². The van der Waals surface area contributed by atoms with Crippen molar-refractivity contribution >= 4 is 35.8 Å². The average Bonchev–Trinajstić information content (AvgIpc) is 3.64. The van der Waals surface area contributed by atoms with Crippen molar-refractivity contribution in [2.24, 2.45) is 0 Å². The van der Waals surface area contributed by atoms with Gasteiger partial charge in [-0.15, -0.1) is 12.3 Å². The Morgan fingerprint density at radius 1 is 0.435 bits per heavy atom. The third-order valence-corrected chi connectivity index (χ3v) is 6.50. The highest BCUT2D eigenvalue weighted by atomic mass is 16.6. The zero-order chi connectivity index (χ0) is 32.8. The molecule has 220 valence electrons. The van der Waals surface area contributed by atoms with Crippen molar-refractivity contribution in [2.45, 2.75) is 6.92 Å². The molecule has 0 saturated heterocycles. The van der Waals surface area contributed by atoms with Gasteiger partial charge in [-0.1, -0.05) is 41.9 Å². The van der Waals surface area contributed by atoms with E-state index in [9.17, 15) is 28.8 Å². The van der Waals surface area contributed by atoms with Gasteiger partial charge in [0, 0.05) is 22.3 Å². The van der Waals surface area contributed by atoms with E-state index in [1.54, 1.807) is 49.4 Å². The summed E-state index contributed by atoms with van der Waals surface area (Å²) in [4.78, 5) is 66.9. The van der Waals surface area contributed by atoms with E-state index in [-0.39, 0.29) is 16.7 Å². The summed E-state index contributed by atoms with van der Waals surface area (Å²) < 4.78 is 13.3. The van der Waals surface area contributed by atoms with E-state index in [0.29, 0.717) is 33.4 Å². The first-order valence-electron chi connectivity index (χ1n) is 13.4. The zero-order valence-corrected chi connectivity index (χ0v) is 23.8. The molecule has 0 aliphatic carbocycles. The van der Waals surface area contributed by atoms with Crippen LogP contribution in [-0.4, -0.2) is 35.8 Å². The quantitative estimate of drug-likeness (QED) is 0.121. The summed E-state index contributed by atoms with van der Waals surface area (Å²) >= 11 is 0. The number of carbonyl (C=O) groups excluding carboxylic acids is 6. The first kappa shape index (κ1) is 30.4. The Hall–Kier alpha value is -7.02. The average molecular weight is 607 g/mol. The SMILES string of the molecule is C#Cc1ccc2c(c1)C(=O)OC2=O.CC#Cc1ccc2c(c1)C(=O)OC2=O.O=C1OC(=O)c2cc(C#Cc3ccccc3)ccc21. The van der Waals surface area contributed by atoms with Crippen LogP contribution in [-0.2, 0) is 14.2 Å². The molecule has 46 heavy (non-hydrogen) atoms. The molecule has 0 spiro atoms. The number of cyclic esters (lactones) is 6. The molecule has 4 aromatic carbocycles. The second-order valence-corrected chi connectivity index (χ2v) is 9.45. The van der Waals surface area contributed by atoms with Crippen LogP contribution in [0.4, 0.5) is 0 Å². The van der Waals surface area contributed by atoms with Gasteiger partial charge in [-0.05, 0) is 73.7 Å². The molecule has 4 aromatic rings. The van der Waals surface area contributed by atoms with Gasteiger partial charge in [-0.2, -0.15) is 0 Å². The van der Waals surface area contributed by atoms with Crippen LogP contribution in [0.2, 0.25) is 0 Å². The predicted octanol–water partition coefficient (Wildman–Crippen LogP) is 4.74. The largest absolute Gasteiger partial charge is 0.386 e. The molecule has 0 aromatic heterocycles. The molecule has 0 unspecified atom stereocenters. The van der Waals surface area contributed by atoms with Crippen molar-refractivity contribution in [1.29, 1.82) is 0 Å². The van der Waals surface area contributed by atoms with Crippen molar-refractivity contribution in [1.82, 2.24) is 0 Å². The summed E-state index contributed by atoms with van der Waals surface area (Å²) in [5.41, 5.74) is 4.57. The van der Waals surface area contributed by atoms with Gasteiger partial charge in [0.25, 0.3) is 0 Å². The van der Waals surface area contributed by atoms with Gasteiger partial charge in [-0.3, -0.25) is 0 Å². The van der Waals surface area contributed by atoms with Crippen LogP contribution < -0.4 is 0 Å². The monoisotopic (exact) mass is 606 g/mol. The number of carbonyl (C=O) groups is 6. The number of terminal acetylenes is 1.